The second kappa shape index (κ2) is 6.31. The molecule has 0 amide bonds. The van der Waals surface area contributed by atoms with Crippen LogP contribution in [0, 0.1) is 0 Å². The topological polar surface area (TPSA) is 49.2 Å². The molecule has 5 heteroatoms. The van der Waals surface area contributed by atoms with Crippen molar-refractivity contribution in [1.29, 1.82) is 0 Å². The number of rotatable bonds is 8. The van der Waals surface area contributed by atoms with Crippen LogP contribution in [0.3, 0.4) is 0 Å². The summed E-state index contributed by atoms with van der Waals surface area (Å²) in [4.78, 5) is 6.90. The first-order valence-corrected chi connectivity index (χ1v) is 7.32. The third-order valence-electron chi connectivity index (χ3n) is 3.01. The van der Waals surface area contributed by atoms with Gasteiger partial charge in [-0.3, -0.25) is 0 Å². The standard InChI is InChI=1S/C12H21N3OS/c1-2-3-7-15(8-4-9-16)12-13-11(14-17-12)10-5-6-10/h10,16H,2-9H2,1H3. The van der Waals surface area contributed by atoms with Crippen molar-refractivity contribution in [3.05, 3.63) is 5.82 Å². The number of hydrogen-bond donors (Lipinski definition) is 1. The highest BCUT2D eigenvalue weighted by Gasteiger charge is 2.28. The number of nitrogens with zero attached hydrogens (tertiary/aromatic N) is 3. The van der Waals surface area contributed by atoms with Crippen molar-refractivity contribution in [2.75, 3.05) is 24.6 Å². The summed E-state index contributed by atoms with van der Waals surface area (Å²) >= 11 is 1.51. The molecule has 1 aliphatic rings. The van der Waals surface area contributed by atoms with E-state index in [0.717, 1.165) is 30.5 Å². The lowest BCUT2D eigenvalue weighted by molar-refractivity contribution is 0.289. The zero-order chi connectivity index (χ0) is 12.1. The Kier molecular flexibility index (Phi) is 4.74. The van der Waals surface area contributed by atoms with E-state index in [9.17, 15) is 0 Å². The average molecular weight is 255 g/mol. The van der Waals surface area contributed by atoms with E-state index < -0.39 is 0 Å². The number of anilines is 1. The Morgan fingerprint density at radius 3 is 2.76 bits per heavy atom. The smallest absolute Gasteiger partial charge is 0.205 e. The minimum Gasteiger partial charge on any atom is -0.396 e. The van der Waals surface area contributed by atoms with Crippen molar-refractivity contribution >= 4 is 16.7 Å². The number of hydrogen-bond acceptors (Lipinski definition) is 5. The van der Waals surface area contributed by atoms with Crippen LogP contribution in [0.4, 0.5) is 5.13 Å². The van der Waals surface area contributed by atoms with Crippen molar-refractivity contribution < 1.29 is 5.11 Å². The highest BCUT2D eigenvalue weighted by Crippen LogP contribution is 2.39. The molecule has 1 fully saturated rings. The molecule has 1 aromatic heterocycles. The number of unbranched alkanes of at least 4 members (excludes halogenated alkanes) is 1. The Hall–Kier alpha value is -0.680. The monoisotopic (exact) mass is 255 g/mol. The van der Waals surface area contributed by atoms with Crippen LogP contribution in [0.15, 0.2) is 0 Å². The van der Waals surface area contributed by atoms with Gasteiger partial charge in [-0.15, -0.1) is 0 Å². The van der Waals surface area contributed by atoms with Gasteiger partial charge in [-0.05, 0) is 25.7 Å². The van der Waals surface area contributed by atoms with E-state index in [1.165, 1.54) is 37.2 Å². The van der Waals surface area contributed by atoms with E-state index in [0.29, 0.717) is 5.92 Å². The van der Waals surface area contributed by atoms with Crippen LogP contribution in [0.25, 0.3) is 0 Å². The molecule has 1 N–H and O–H groups in total. The van der Waals surface area contributed by atoms with Crippen LogP contribution in [0.5, 0.6) is 0 Å². The van der Waals surface area contributed by atoms with Gasteiger partial charge in [-0.1, -0.05) is 13.3 Å². The van der Waals surface area contributed by atoms with Gasteiger partial charge >= 0.3 is 0 Å². The van der Waals surface area contributed by atoms with Crippen LogP contribution in [0.2, 0.25) is 0 Å². The lowest BCUT2D eigenvalue weighted by atomic mass is 10.3. The average Bonchev–Trinajstić information content (AvgIpc) is 3.09. The van der Waals surface area contributed by atoms with Gasteiger partial charge in [0.05, 0.1) is 0 Å². The summed E-state index contributed by atoms with van der Waals surface area (Å²) in [7, 11) is 0. The molecule has 17 heavy (non-hydrogen) atoms. The Morgan fingerprint density at radius 1 is 1.35 bits per heavy atom. The molecule has 1 heterocycles. The van der Waals surface area contributed by atoms with Gasteiger partial charge in [0.25, 0.3) is 0 Å². The molecular formula is C12H21N3OS. The first kappa shape index (κ1) is 12.8. The number of aliphatic hydroxyl groups excluding tert-OH is 1. The normalized spacial score (nSPS) is 15.2. The molecule has 0 aromatic carbocycles. The quantitative estimate of drug-likeness (QED) is 0.775. The molecule has 4 nitrogen and oxygen atoms in total. The van der Waals surface area contributed by atoms with Gasteiger partial charge in [0.15, 0.2) is 0 Å². The number of aliphatic hydroxyl groups is 1. The van der Waals surface area contributed by atoms with Crippen LogP contribution in [0.1, 0.15) is 50.8 Å². The number of aromatic nitrogens is 2. The van der Waals surface area contributed by atoms with E-state index in [1.54, 1.807) is 0 Å². The van der Waals surface area contributed by atoms with Crippen LogP contribution < -0.4 is 4.90 Å². The summed E-state index contributed by atoms with van der Waals surface area (Å²) in [6.45, 7) is 4.35. The van der Waals surface area contributed by atoms with Gasteiger partial charge in [-0.2, -0.15) is 4.37 Å². The predicted octanol–water partition coefficient (Wildman–Crippen LogP) is 2.40. The van der Waals surface area contributed by atoms with Crippen molar-refractivity contribution in [3.8, 4) is 0 Å². The first-order chi connectivity index (χ1) is 8.35. The largest absolute Gasteiger partial charge is 0.396 e. The van der Waals surface area contributed by atoms with E-state index in [1.807, 2.05) is 0 Å². The molecule has 0 radical (unpaired) electrons. The molecule has 0 aliphatic heterocycles. The Balaban J connectivity index is 1.95. The van der Waals surface area contributed by atoms with Crippen molar-refractivity contribution in [2.45, 2.75) is 44.9 Å². The summed E-state index contributed by atoms with van der Waals surface area (Å²) < 4.78 is 4.44. The maximum Gasteiger partial charge on any atom is 0.205 e. The van der Waals surface area contributed by atoms with Gasteiger partial charge in [0.1, 0.15) is 5.82 Å². The summed E-state index contributed by atoms with van der Waals surface area (Å²) in [5, 5.41) is 9.97. The van der Waals surface area contributed by atoms with E-state index >= 15 is 0 Å². The van der Waals surface area contributed by atoms with Gasteiger partial charge < -0.3 is 10.0 Å². The Bertz CT molecular complexity index is 330. The van der Waals surface area contributed by atoms with Crippen molar-refractivity contribution in [2.24, 2.45) is 0 Å². The first-order valence-electron chi connectivity index (χ1n) is 6.54. The molecule has 1 aromatic rings. The van der Waals surface area contributed by atoms with Crippen molar-refractivity contribution in [3.63, 3.8) is 0 Å². The summed E-state index contributed by atoms with van der Waals surface area (Å²) in [6, 6.07) is 0. The molecule has 0 bridgehead atoms. The lowest BCUT2D eigenvalue weighted by Crippen LogP contribution is -2.26. The molecular weight excluding hydrogens is 234 g/mol. The maximum absolute atomic E-state index is 8.93. The molecule has 0 spiro atoms. The molecule has 96 valence electrons. The summed E-state index contributed by atoms with van der Waals surface area (Å²) in [6.07, 6.45) is 5.67. The maximum atomic E-state index is 8.93. The van der Waals surface area contributed by atoms with Gasteiger partial charge in [0.2, 0.25) is 5.13 Å². The van der Waals surface area contributed by atoms with E-state index in [2.05, 4.69) is 21.2 Å². The van der Waals surface area contributed by atoms with Crippen LogP contribution in [-0.2, 0) is 0 Å². The molecule has 0 saturated heterocycles. The molecule has 0 unspecified atom stereocenters. The Labute approximate surface area is 107 Å². The summed E-state index contributed by atoms with van der Waals surface area (Å²) in [5.74, 6) is 1.67. The fourth-order valence-corrected chi connectivity index (χ4v) is 2.57. The van der Waals surface area contributed by atoms with Crippen LogP contribution in [-0.4, -0.2) is 34.2 Å². The zero-order valence-corrected chi connectivity index (χ0v) is 11.2. The fourth-order valence-electron chi connectivity index (χ4n) is 1.78. The minimum atomic E-state index is 0.247. The fraction of sp³-hybridized carbons (Fsp3) is 0.833. The predicted molar refractivity (Wildman–Crippen MR) is 70.7 cm³/mol. The highest BCUT2D eigenvalue weighted by atomic mass is 32.1. The van der Waals surface area contributed by atoms with E-state index in [4.69, 9.17) is 5.11 Å². The second-order valence-electron chi connectivity index (χ2n) is 4.63. The summed E-state index contributed by atoms with van der Waals surface area (Å²) in [5.41, 5.74) is 0. The Morgan fingerprint density at radius 2 is 2.12 bits per heavy atom. The third-order valence-corrected chi connectivity index (χ3v) is 3.80. The molecule has 2 rings (SSSR count). The zero-order valence-electron chi connectivity index (χ0n) is 10.4. The highest BCUT2D eigenvalue weighted by molar-refractivity contribution is 7.09. The van der Waals surface area contributed by atoms with Gasteiger partial charge in [0, 0.05) is 37.1 Å². The third kappa shape index (κ3) is 3.64. The molecule has 0 atom stereocenters. The molecule has 1 saturated carbocycles. The second-order valence-corrected chi connectivity index (χ2v) is 5.36. The minimum absolute atomic E-state index is 0.247. The van der Waals surface area contributed by atoms with Crippen LogP contribution >= 0.6 is 11.5 Å². The van der Waals surface area contributed by atoms with Gasteiger partial charge in [-0.25, -0.2) is 4.98 Å². The molecule has 1 aliphatic carbocycles. The SMILES string of the molecule is CCCCN(CCCO)c1nc(C2CC2)ns1. The van der Waals surface area contributed by atoms with E-state index in [-0.39, 0.29) is 6.61 Å². The van der Waals surface area contributed by atoms with Crippen molar-refractivity contribution in [1.82, 2.24) is 9.36 Å². The lowest BCUT2D eigenvalue weighted by Gasteiger charge is -2.20.